The molecule has 1 aliphatic heterocycles. The highest BCUT2D eigenvalue weighted by atomic mass is 16.5. The van der Waals surface area contributed by atoms with Gasteiger partial charge in [0.15, 0.2) is 0 Å². The lowest BCUT2D eigenvalue weighted by molar-refractivity contribution is -0.131. The molecule has 0 radical (unpaired) electrons. The number of hydrogen-bond acceptors (Lipinski definition) is 3. The average Bonchev–Trinajstić information content (AvgIpc) is 2.36. The van der Waals surface area contributed by atoms with Crippen molar-refractivity contribution in [1.29, 1.82) is 0 Å². The highest BCUT2D eigenvalue weighted by Crippen LogP contribution is 2.31. The monoisotopic (exact) mass is 247 g/mol. The SMILES string of the molecule is COc1ccc2c(c1)CCN(C)C2/C=C/C(=O)O. The zero-order valence-corrected chi connectivity index (χ0v) is 10.6. The number of carboxylic acid groups (broad SMARTS) is 1. The zero-order chi connectivity index (χ0) is 13.1. The van der Waals surface area contributed by atoms with E-state index in [-0.39, 0.29) is 6.04 Å². The van der Waals surface area contributed by atoms with E-state index in [0.717, 1.165) is 24.3 Å². The molecule has 1 heterocycles. The summed E-state index contributed by atoms with van der Waals surface area (Å²) in [6.45, 7) is 0.912. The molecule has 1 unspecified atom stereocenters. The Morgan fingerprint density at radius 3 is 3.00 bits per heavy atom. The lowest BCUT2D eigenvalue weighted by atomic mass is 9.92. The molecule has 0 aliphatic carbocycles. The smallest absolute Gasteiger partial charge is 0.328 e. The van der Waals surface area contributed by atoms with Crippen LogP contribution in [0.25, 0.3) is 0 Å². The van der Waals surface area contributed by atoms with Crippen LogP contribution >= 0.6 is 0 Å². The van der Waals surface area contributed by atoms with Crippen LogP contribution in [0.4, 0.5) is 0 Å². The summed E-state index contributed by atoms with van der Waals surface area (Å²) in [5.41, 5.74) is 2.38. The summed E-state index contributed by atoms with van der Waals surface area (Å²) in [5.74, 6) is -0.0664. The number of nitrogens with zero attached hydrogens (tertiary/aromatic N) is 1. The topological polar surface area (TPSA) is 49.8 Å². The van der Waals surface area contributed by atoms with Crippen LogP contribution in [0.1, 0.15) is 17.2 Å². The van der Waals surface area contributed by atoms with Gasteiger partial charge in [0.05, 0.1) is 13.2 Å². The number of likely N-dealkylation sites (N-methyl/N-ethyl adjacent to an activating group) is 1. The molecule has 0 fully saturated rings. The third kappa shape index (κ3) is 2.54. The molecule has 0 saturated carbocycles. The van der Waals surface area contributed by atoms with E-state index in [0.29, 0.717) is 0 Å². The molecular formula is C14H17NO3. The molecule has 18 heavy (non-hydrogen) atoms. The fourth-order valence-corrected chi connectivity index (χ4v) is 2.31. The predicted octanol–water partition coefficient (Wildman–Crippen LogP) is 1.86. The van der Waals surface area contributed by atoms with Crippen molar-refractivity contribution >= 4 is 5.97 Å². The minimum absolute atomic E-state index is 0.0238. The summed E-state index contributed by atoms with van der Waals surface area (Å²) >= 11 is 0. The second-order valence-corrected chi connectivity index (χ2v) is 4.44. The van der Waals surface area contributed by atoms with E-state index >= 15 is 0 Å². The zero-order valence-electron chi connectivity index (χ0n) is 10.6. The highest BCUT2D eigenvalue weighted by molar-refractivity contribution is 5.79. The number of rotatable bonds is 3. The predicted molar refractivity (Wildman–Crippen MR) is 68.8 cm³/mol. The first-order valence-corrected chi connectivity index (χ1v) is 5.90. The molecule has 1 N–H and O–H groups in total. The molecule has 2 rings (SSSR count). The van der Waals surface area contributed by atoms with Gasteiger partial charge in [-0.15, -0.1) is 0 Å². The lowest BCUT2D eigenvalue weighted by Gasteiger charge is -2.32. The molecule has 4 heteroatoms. The van der Waals surface area contributed by atoms with Crippen molar-refractivity contribution in [1.82, 2.24) is 4.90 Å². The fourth-order valence-electron chi connectivity index (χ4n) is 2.31. The van der Waals surface area contributed by atoms with Crippen molar-refractivity contribution in [2.75, 3.05) is 20.7 Å². The van der Waals surface area contributed by atoms with Crippen LogP contribution in [0.3, 0.4) is 0 Å². The maximum atomic E-state index is 10.6. The van der Waals surface area contributed by atoms with Gasteiger partial charge in [-0.25, -0.2) is 4.79 Å². The van der Waals surface area contributed by atoms with E-state index < -0.39 is 5.97 Å². The van der Waals surface area contributed by atoms with Crippen LogP contribution in [0, 0.1) is 0 Å². The van der Waals surface area contributed by atoms with Gasteiger partial charge in [0.2, 0.25) is 0 Å². The lowest BCUT2D eigenvalue weighted by Crippen LogP contribution is -2.31. The molecule has 0 saturated heterocycles. The summed E-state index contributed by atoms with van der Waals surface area (Å²) in [6.07, 6.45) is 3.90. The molecular weight excluding hydrogens is 230 g/mol. The average molecular weight is 247 g/mol. The minimum atomic E-state index is -0.913. The quantitative estimate of drug-likeness (QED) is 0.828. The Kier molecular flexibility index (Phi) is 3.67. The van der Waals surface area contributed by atoms with E-state index in [4.69, 9.17) is 9.84 Å². The third-order valence-corrected chi connectivity index (χ3v) is 3.30. The number of fused-ring (bicyclic) bond motifs is 1. The first-order valence-electron chi connectivity index (χ1n) is 5.90. The van der Waals surface area contributed by atoms with Crippen LogP contribution in [0.2, 0.25) is 0 Å². The molecule has 4 nitrogen and oxygen atoms in total. The second kappa shape index (κ2) is 5.23. The van der Waals surface area contributed by atoms with E-state index in [2.05, 4.69) is 4.90 Å². The molecule has 1 atom stereocenters. The Hall–Kier alpha value is -1.81. The van der Waals surface area contributed by atoms with Gasteiger partial charge in [-0.05, 0) is 36.7 Å². The van der Waals surface area contributed by atoms with Gasteiger partial charge < -0.3 is 9.84 Å². The van der Waals surface area contributed by atoms with Gasteiger partial charge in [0, 0.05) is 12.6 Å². The van der Waals surface area contributed by atoms with Crippen LogP contribution < -0.4 is 4.74 Å². The number of ether oxygens (including phenoxy) is 1. The van der Waals surface area contributed by atoms with Crippen molar-refractivity contribution < 1.29 is 14.6 Å². The molecule has 96 valence electrons. The van der Waals surface area contributed by atoms with Gasteiger partial charge in [0.25, 0.3) is 0 Å². The molecule has 0 aromatic heterocycles. The van der Waals surface area contributed by atoms with E-state index in [1.807, 2.05) is 25.2 Å². The normalized spacial score (nSPS) is 19.8. The van der Waals surface area contributed by atoms with Crippen molar-refractivity contribution in [3.05, 3.63) is 41.5 Å². The molecule has 0 bridgehead atoms. The van der Waals surface area contributed by atoms with Crippen LogP contribution in [-0.2, 0) is 11.2 Å². The molecule has 1 aliphatic rings. The molecule has 0 amide bonds. The van der Waals surface area contributed by atoms with E-state index in [1.165, 1.54) is 11.6 Å². The summed E-state index contributed by atoms with van der Waals surface area (Å²) in [6, 6.07) is 5.99. The first kappa shape index (κ1) is 12.6. The third-order valence-electron chi connectivity index (χ3n) is 3.30. The standard InChI is InChI=1S/C14H17NO3/c1-15-8-7-10-9-11(18-2)3-4-12(10)13(15)5-6-14(16)17/h3-6,9,13H,7-8H2,1-2H3,(H,16,17)/b6-5+. The second-order valence-electron chi connectivity index (χ2n) is 4.44. The largest absolute Gasteiger partial charge is 0.497 e. The molecule has 0 spiro atoms. The van der Waals surface area contributed by atoms with Gasteiger partial charge >= 0.3 is 5.97 Å². The van der Waals surface area contributed by atoms with E-state index in [1.54, 1.807) is 13.2 Å². The Balaban J connectivity index is 2.35. The molecule has 1 aromatic rings. The molecule has 1 aromatic carbocycles. The number of benzene rings is 1. The van der Waals surface area contributed by atoms with Crippen molar-refractivity contribution in [2.45, 2.75) is 12.5 Å². The summed E-state index contributed by atoms with van der Waals surface area (Å²) in [5, 5.41) is 8.74. The number of hydrogen-bond donors (Lipinski definition) is 1. The maximum absolute atomic E-state index is 10.6. The minimum Gasteiger partial charge on any atom is -0.497 e. The van der Waals surface area contributed by atoms with Crippen LogP contribution in [0.15, 0.2) is 30.4 Å². The van der Waals surface area contributed by atoms with Crippen molar-refractivity contribution in [3.8, 4) is 5.75 Å². The Morgan fingerprint density at radius 2 is 2.33 bits per heavy atom. The first-order chi connectivity index (χ1) is 8.61. The number of carbonyl (C=O) groups is 1. The Labute approximate surface area is 106 Å². The van der Waals surface area contributed by atoms with E-state index in [9.17, 15) is 4.79 Å². The summed E-state index contributed by atoms with van der Waals surface area (Å²) < 4.78 is 5.21. The van der Waals surface area contributed by atoms with Gasteiger partial charge in [0.1, 0.15) is 5.75 Å². The van der Waals surface area contributed by atoms with Crippen molar-refractivity contribution in [2.24, 2.45) is 0 Å². The van der Waals surface area contributed by atoms with Gasteiger partial charge in [-0.2, -0.15) is 0 Å². The Bertz CT molecular complexity index is 482. The Morgan fingerprint density at radius 1 is 1.56 bits per heavy atom. The maximum Gasteiger partial charge on any atom is 0.328 e. The van der Waals surface area contributed by atoms with Gasteiger partial charge in [-0.1, -0.05) is 12.1 Å². The van der Waals surface area contributed by atoms with Gasteiger partial charge in [-0.3, -0.25) is 4.90 Å². The number of carboxylic acids is 1. The number of aliphatic carboxylic acids is 1. The fraction of sp³-hybridized carbons (Fsp3) is 0.357. The summed E-state index contributed by atoms with van der Waals surface area (Å²) in [4.78, 5) is 12.8. The highest BCUT2D eigenvalue weighted by Gasteiger charge is 2.22. The van der Waals surface area contributed by atoms with Crippen LogP contribution in [0.5, 0.6) is 5.75 Å². The number of methoxy groups -OCH3 is 1. The van der Waals surface area contributed by atoms with Crippen LogP contribution in [-0.4, -0.2) is 36.7 Å². The van der Waals surface area contributed by atoms with Crippen molar-refractivity contribution in [3.63, 3.8) is 0 Å². The summed E-state index contributed by atoms with van der Waals surface area (Å²) in [7, 11) is 3.66.